The van der Waals surface area contributed by atoms with Gasteiger partial charge in [0.2, 0.25) is 17.6 Å². The number of benzene rings is 3. The zero-order valence-corrected chi connectivity index (χ0v) is 19.2. The fraction of sp³-hybridized carbons (Fsp3) is 0.192. The Balaban J connectivity index is 1.41. The minimum Gasteiger partial charge on any atom is -0.339 e. The van der Waals surface area contributed by atoms with Crippen molar-refractivity contribution in [3.8, 4) is 11.4 Å². The third kappa shape index (κ3) is 6.14. The molecule has 32 heavy (non-hydrogen) atoms. The van der Waals surface area contributed by atoms with E-state index in [0.717, 1.165) is 27.6 Å². The fourth-order valence-corrected chi connectivity index (χ4v) is 3.72. The van der Waals surface area contributed by atoms with Gasteiger partial charge in [0.1, 0.15) is 0 Å². The number of aryl methyl sites for hydroxylation is 1. The first kappa shape index (κ1) is 22.0. The van der Waals surface area contributed by atoms with Gasteiger partial charge in [-0.05, 0) is 41.8 Å². The smallest absolute Gasteiger partial charge is 0.228 e. The van der Waals surface area contributed by atoms with E-state index in [0.29, 0.717) is 37.6 Å². The van der Waals surface area contributed by atoms with Gasteiger partial charge in [0.15, 0.2) is 0 Å². The molecule has 0 unspecified atom stereocenters. The highest BCUT2D eigenvalue weighted by Gasteiger charge is 2.16. The molecule has 0 radical (unpaired) electrons. The van der Waals surface area contributed by atoms with Crippen LogP contribution in [0.5, 0.6) is 0 Å². The first-order valence-corrected chi connectivity index (χ1v) is 11.4. The number of aromatic nitrogens is 2. The average Bonchev–Trinajstić information content (AvgIpc) is 3.31. The maximum atomic E-state index is 13.1. The average molecular weight is 490 g/mol. The Hall–Kier alpha value is -3.25. The Morgan fingerprint density at radius 1 is 0.844 bits per heavy atom. The Kier molecular flexibility index (Phi) is 7.46. The van der Waals surface area contributed by atoms with Gasteiger partial charge in [-0.1, -0.05) is 81.8 Å². The standard InChI is InChI=1S/C26H24BrN3O2/c27-23-14-12-22(13-15-23)26-28-24(32-29-26)17-18-30(19-21-9-5-2-6-10-21)25(31)16-11-20-7-3-1-4-8-20/h1-10,12-15H,11,16-19H2. The van der Waals surface area contributed by atoms with Crippen LogP contribution >= 0.6 is 15.9 Å². The highest BCUT2D eigenvalue weighted by Crippen LogP contribution is 2.19. The second kappa shape index (κ2) is 10.9. The van der Waals surface area contributed by atoms with Gasteiger partial charge < -0.3 is 9.42 Å². The molecule has 0 saturated carbocycles. The summed E-state index contributed by atoms with van der Waals surface area (Å²) in [5.41, 5.74) is 3.15. The molecule has 162 valence electrons. The van der Waals surface area contributed by atoms with E-state index in [1.807, 2.05) is 77.7 Å². The molecule has 0 fully saturated rings. The van der Waals surface area contributed by atoms with Crippen LogP contribution in [0.1, 0.15) is 23.4 Å². The highest BCUT2D eigenvalue weighted by molar-refractivity contribution is 9.10. The van der Waals surface area contributed by atoms with Crippen LogP contribution in [0.2, 0.25) is 0 Å². The summed E-state index contributed by atoms with van der Waals surface area (Å²) in [4.78, 5) is 19.4. The lowest BCUT2D eigenvalue weighted by Crippen LogP contribution is -2.32. The first-order chi connectivity index (χ1) is 15.7. The van der Waals surface area contributed by atoms with Crippen molar-refractivity contribution >= 4 is 21.8 Å². The lowest BCUT2D eigenvalue weighted by Gasteiger charge is -2.22. The second-order valence-electron chi connectivity index (χ2n) is 7.56. The predicted molar refractivity (Wildman–Crippen MR) is 128 cm³/mol. The summed E-state index contributed by atoms with van der Waals surface area (Å²) in [5, 5.41) is 4.09. The second-order valence-corrected chi connectivity index (χ2v) is 8.47. The van der Waals surface area contributed by atoms with Crippen molar-refractivity contribution in [2.45, 2.75) is 25.8 Å². The molecule has 0 spiro atoms. The maximum absolute atomic E-state index is 13.1. The molecule has 1 amide bonds. The van der Waals surface area contributed by atoms with Crippen molar-refractivity contribution in [3.05, 3.63) is 106 Å². The number of nitrogens with zero attached hydrogens (tertiary/aromatic N) is 3. The van der Waals surface area contributed by atoms with Gasteiger partial charge in [-0.3, -0.25) is 4.79 Å². The molecule has 1 aromatic heterocycles. The normalized spacial score (nSPS) is 10.8. The van der Waals surface area contributed by atoms with Crippen LogP contribution in [-0.4, -0.2) is 27.5 Å². The molecule has 0 saturated heterocycles. The first-order valence-electron chi connectivity index (χ1n) is 10.6. The third-order valence-electron chi connectivity index (χ3n) is 5.21. The Labute approximate surface area is 196 Å². The topological polar surface area (TPSA) is 59.2 Å². The molecular weight excluding hydrogens is 466 g/mol. The minimum absolute atomic E-state index is 0.116. The summed E-state index contributed by atoms with van der Waals surface area (Å²) in [7, 11) is 0. The van der Waals surface area contributed by atoms with Crippen LogP contribution in [-0.2, 0) is 24.2 Å². The SMILES string of the molecule is O=C(CCc1ccccc1)N(CCc1nc(-c2ccc(Br)cc2)no1)Cc1ccccc1. The van der Waals surface area contributed by atoms with E-state index in [1.165, 1.54) is 0 Å². The molecule has 4 aromatic rings. The summed E-state index contributed by atoms with van der Waals surface area (Å²) >= 11 is 3.43. The fourth-order valence-electron chi connectivity index (χ4n) is 3.45. The molecule has 6 heteroatoms. The summed E-state index contributed by atoms with van der Waals surface area (Å²) in [6.45, 7) is 1.08. The summed E-state index contributed by atoms with van der Waals surface area (Å²) < 4.78 is 6.44. The van der Waals surface area contributed by atoms with Gasteiger partial charge in [0.05, 0.1) is 0 Å². The van der Waals surface area contributed by atoms with Crippen LogP contribution in [0.4, 0.5) is 0 Å². The monoisotopic (exact) mass is 489 g/mol. The van der Waals surface area contributed by atoms with E-state index < -0.39 is 0 Å². The molecule has 0 aliphatic heterocycles. The molecule has 4 rings (SSSR count). The van der Waals surface area contributed by atoms with Crippen molar-refractivity contribution in [1.29, 1.82) is 0 Å². The van der Waals surface area contributed by atoms with Crippen molar-refractivity contribution in [2.24, 2.45) is 0 Å². The predicted octanol–water partition coefficient (Wildman–Crippen LogP) is 5.70. The van der Waals surface area contributed by atoms with Crippen molar-refractivity contribution in [3.63, 3.8) is 0 Å². The van der Waals surface area contributed by atoms with E-state index in [-0.39, 0.29) is 5.91 Å². The number of hydrogen-bond donors (Lipinski definition) is 0. The van der Waals surface area contributed by atoms with Crippen LogP contribution in [0.3, 0.4) is 0 Å². The van der Waals surface area contributed by atoms with E-state index in [4.69, 9.17) is 4.52 Å². The number of amides is 1. The largest absolute Gasteiger partial charge is 0.339 e. The van der Waals surface area contributed by atoms with Crippen LogP contribution in [0, 0.1) is 0 Å². The highest BCUT2D eigenvalue weighted by atomic mass is 79.9. The van der Waals surface area contributed by atoms with Gasteiger partial charge in [-0.2, -0.15) is 4.98 Å². The Bertz CT molecular complexity index is 1130. The van der Waals surface area contributed by atoms with E-state index in [2.05, 4.69) is 38.2 Å². The Morgan fingerprint density at radius 3 is 2.19 bits per heavy atom. The van der Waals surface area contributed by atoms with Crippen LogP contribution in [0.15, 0.2) is 93.9 Å². The number of hydrogen-bond acceptors (Lipinski definition) is 4. The summed E-state index contributed by atoms with van der Waals surface area (Å²) in [6.07, 6.45) is 1.69. The molecular formula is C26H24BrN3O2. The van der Waals surface area contributed by atoms with Crippen molar-refractivity contribution in [2.75, 3.05) is 6.54 Å². The molecule has 0 aliphatic rings. The quantitative estimate of drug-likeness (QED) is 0.302. The maximum Gasteiger partial charge on any atom is 0.228 e. The van der Waals surface area contributed by atoms with Gasteiger partial charge >= 0.3 is 0 Å². The summed E-state index contributed by atoms with van der Waals surface area (Å²) in [5.74, 6) is 1.19. The molecule has 5 nitrogen and oxygen atoms in total. The van der Waals surface area contributed by atoms with Crippen molar-refractivity contribution < 1.29 is 9.32 Å². The molecule has 0 atom stereocenters. The van der Waals surface area contributed by atoms with Crippen LogP contribution in [0.25, 0.3) is 11.4 Å². The van der Waals surface area contributed by atoms with Gasteiger partial charge in [-0.15, -0.1) is 0 Å². The number of carbonyl (C=O) groups is 1. The van der Waals surface area contributed by atoms with E-state index in [9.17, 15) is 4.79 Å². The Morgan fingerprint density at radius 2 is 1.50 bits per heavy atom. The zero-order chi connectivity index (χ0) is 22.2. The van der Waals surface area contributed by atoms with Gasteiger partial charge in [0.25, 0.3) is 0 Å². The molecule has 0 aliphatic carbocycles. The summed E-state index contributed by atoms with van der Waals surface area (Å²) in [6, 6.07) is 27.9. The van der Waals surface area contributed by atoms with Gasteiger partial charge in [-0.25, -0.2) is 0 Å². The number of halogens is 1. The van der Waals surface area contributed by atoms with Crippen LogP contribution < -0.4 is 0 Å². The number of carbonyl (C=O) groups excluding carboxylic acids is 1. The zero-order valence-electron chi connectivity index (χ0n) is 17.7. The number of rotatable bonds is 9. The van der Waals surface area contributed by atoms with Gasteiger partial charge in [0, 0.05) is 36.0 Å². The lowest BCUT2D eigenvalue weighted by molar-refractivity contribution is -0.131. The molecule has 0 bridgehead atoms. The van der Waals surface area contributed by atoms with Crippen molar-refractivity contribution in [1.82, 2.24) is 15.0 Å². The van der Waals surface area contributed by atoms with E-state index >= 15 is 0 Å². The third-order valence-corrected chi connectivity index (χ3v) is 5.73. The molecule has 1 heterocycles. The molecule has 0 N–H and O–H groups in total. The minimum atomic E-state index is 0.116. The molecule has 3 aromatic carbocycles. The van der Waals surface area contributed by atoms with E-state index in [1.54, 1.807) is 0 Å². The lowest BCUT2D eigenvalue weighted by atomic mass is 10.1.